The van der Waals surface area contributed by atoms with Crippen molar-refractivity contribution in [1.29, 1.82) is 0 Å². The molecular formula is C15H27LiOSi. The average molecular weight is 258 g/mol. The Labute approximate surface area is 124 Å². The molecule has 1 aliphatic rings. The van der Waals surface area contributed by atoms with Crippen molar-refractivity contribution in [3.8, 4) is 10.5 Å². The summed E-state index contributed by atoms with van der Waals surface area (Å²) in [4.78, 5) is 0. The molecule has 1 rings (SSSR count). The minimum absolute atomic E-state index is 0.177. The molecule has 0 aromatic carbocycles. The van der Waals surface area contributed by atoms with E-state index in [1.165, 1.54) is 32.1 Å². The molecular weight excluding hydrogens is 231 g/mol. The zero-order valence-corrected chi connectivity index (χ0v) is 14.1. The van der Waals surface area contributed by atoms with Gasteiger partial charge < -0.3 is 0 Å². The van der Waals surface area contributed by atoms with Gasteiger partial charge in [0.25, 0.3) is 0 Å². The first kappa shape index (κ1) is 16.4. The summed E-state index contributed by atoms with van der Waals surface area (Å²) in [5.74, 6) is 4.01. The maximum absolute atomic E-state index is 6.55. The van der Waals surface area contributed by atoms with Crippen LogP contribution in [-0.4, -0.2) is 32.1 Å². The summed E-state index contributed by atoms with van der Waals surface area (Å²) in [7, 11) is -1.69. The Balaban J connectivity index is 2.76. The zero-order chi connectivity index (χ0) is 13.8. The van der Waals surface area contributed by atoms with Crippen LogP contribution in [0.4, 0.5) is 0 Å². The Morgan fingerprint density at radius 3 is 2.17 bits per heavy atom. The topological polar surface area (TPSA) is 9.23 Å². The molecule has 1 aliphatic carbocycles. The van der Waals surface area contributed by atoms with Crippen molar-refractivity contribution in [2.75, 3.05) is 0 Å². The number of rotatable bonds is 3. The van der Waals surface area contributed by atoms with Crippen molar-refractivity contribution >= 4 is 26.0 Å². The van der Waals surface area contributed by atoms with Gasteiger partial charge in [-0.05, 0) is 0 Å². The number of hydrogen-bond acceptors (Lipinski definition) is 1. The van der Waals surface area contributed by atoms with E-state index in [1.807, 2.05) is 17.7 Å². The summed E-state index contributed by atoms with van der Waals surface area (Å²) >= 11 is 1.94. The fourth-order valence-electron chi connectivity index (χ4n) is 2.32. The van der Waals surface area contributed by atoms with E-state index in [4.69, 9.17) is 4.43 Å². The Morgan fingerprint density at radius 2 is 1.72 bits per heavy atom. The van der Waals surface area contributed by atoms with Gasteiger partial charge in [0.05, 0.1) is 0 Å². The Hall–Kier alpha value is 0.334. The van der Waals surface area contributed by atoms with Gasteiger partial charge >= 0.3 is 124 Å². The standard InChI is InChI=1S/C15H27OSi.Li/c1-7-14(13-11-9-8-10-12-13)16-17(5,6)15(2,3)4;/h13-14H,8-12H2,2-6H3;/t14-;/m1./s1. The van der Waals surface area contributed by atoms with Crippen LogP contribution >= 0.6 is 0 Å². The first-order valence-electron chi connectivity index (χ1n) is 7.38. The quantitative estimate of drug-likeness (QED) is 0.547. The van der Waals surface area contributed by atoms with Crippen LogP contribution in [0.5, 0.6) is 0 Å². The summed E-state index contributed by atoms with van der Waals surface area (Å²) in [6, 6.07) is 0. The van der Waals surface area contributed by atoms with Crippen molar-refractivity contribution < 1.29 is 4.43 Å². The molecule has 0 spiro atoms. The van der Waals surface area contributed by atoms with Crippen molar-refractivity contribution in [3.05, 3.63) is 0 Å². The zero-order valence-electron chi connectivity index (χ0n) is 13.1. The summed E-state index contributed by atoms with van der Waals surface area (Å²) in [6.07, 6.45) is 6.88. The second kappa shape index (κ2) is 6.67. The van der Waals surface area contributed by atoms with E-state index in [1.54, 1.807) is 0 Å². The molecule has 18 heavy (non-hydrogen) atoms. The molecule has 1 saturated carbocycles. The van der Waals surface area contributed by atoms with E-state index >= 15 is 0 Å². The van der Waals surface area contributed by atoms with Crippen LogP contribution in [-0.2, 0) is 4.43 Å². The van der Waals surface area contributed by atoms with Crippen LogP contribution in [0.15, 0.2) is 0 Å². The first-order chi connectivity index (χ1) is 8.28. The molecule has 1 nitrogen and oxygen atoms in total. The molecule has 0 unspecified atom stereocenters. The molecule has 0 heterocycles. The summed E-state index contributed by atoms with van der Waals surface area (Å²) in [5.41, 5.74) is 0. The monoisotopic (exact) mass is 258 g/mol. The third-order valence-electron chi connectivity index (χ3n) is 4.59. The van der Waals surface area contributed by atoms with Crippen LogP contribution in [0.1, 0.15) is 52.9 Å². The second-order valence-electron chi connectivity index (χ2n) is 7.09. The van der Waals surface area contributed by atoms with Crippen molar-refractivity contribution in [3.63, 3.8) is 0 Å². The minimum atomic E-state index is -1.69. The first-order valence-corrected chi connectivity index (χ1v) is 10.3. The SMILES string of the molecule is [Li][C]#C[C@@H](O[Si](C)(C)C(C)(C)C)C1CCCCC1. The summed E-state index contributed by atoms with van der Waals surface area (Å²) in [6.45, 7) is 11.6. The molecule has 1 fully saturated rings. The van der Waals surface area contributed by atoms with Gasteiger partial charge in [0, 0.05) is 0 Å². The molecule has 0 aliphatic heterocycles. The molecule has 3 heteroatoms. The van der Waals surface area contributed by atoms with Crippen molar-refractivity contribution in [2.45, 2.75) is 77.1 Å². The van der Waals surface area contributed by atoms with Crippen molar-refractivity contribution in [2.24, 2.45) is 5.92 Å². The molecule has 0 radical (unpaired) electrons. The molecule has 0 amide bonds. The van der Waals surface area contributed by atoms with Crippen LogP contribution in [0, 0.1) is 16.4 Å². The van der Waals surface area contributed by atoms with Gasteiger partial charge in [0.15, 0.2) is 0 Å². The van der Waals surface area contributed by atoms with E-state index in [0.717, 1.165) is 0 Å². The molecule has 0 aromatic rings. The van der Waals surface area contributed by atoms with Gasteiger partial charge in [0.2, 0.25) is 0 Å². The van der Waals surface area contributed by atoms with E-state index in [2.05, 4.69) is 44.4 Å². The Bertz CT molecular complexity index is 316. The number of hydrogen-bond donors (Lipinski definition) is 0. The second-order valence-corrected chi connectivity index (χ2v) is 11.8. The predicted molar refractivity (Wildman–Crippen MR) is 82.2 cm³/mol. The maximum atomic E-state index is 6.55. The van der Waals surface area contributed by atoms with Gasteiger partial charge in [-0.2, -0.15) is 0 Å². The van der Waals surface area contributed by atoms with Gasteiger partial charge in [-0.1, -0.05) is 0 Å². The van der Waals surface area contributed by atoms with Gasteiger partial charge in [-0.3, -0.25) is 0 Å². The van der Waals surface area contributed by atoms with E-state index in [0.29, 0.717) is 5.92 Å². The van der Waals surface area contributed by atoms with E-state index in [-0.39, 0.29) is 11.1 Å². The van der Waals surface area contributed by atoms with Crippen molar-refractivity contribution in [1.82, 2.24) is 0 Å². The third kappa shape index (κ3) is 4.46. The fourth-order valence-corrected chi connectivity index (χ4v) is 3.56. The van der Waals surface area contributed by atoms with Crippen LogP contribution in [0.2, 0.25) is 18.1 Å². The predicted octanol–water partition coefficient (Wildman–Crippen LogP) is 4.09. The Morgan fingerprint density at radius 1 is 1.17 bits per heavy atom. The van der Waals surface area contributed by atoms with Gasteiger partial charge in [-0.15, -0.1) is 0 Å². The van der Waals surface area contributed by atoms with Gasteiger partial charge in [-0.25, -0.2) is 0 Å². The molecule has 98 valence electrons. The summed E-state index contributed by atoms with van der Waals surface area (Å²) in [5, 5.41) is 0.273. The molecule has 0 N–H and O–H groups in total. The van der Waals surface area contributed by atoms with Crippen LogP contribution in [0.3, 0.4) is 0 Å². The normalized spacial score (nSPS) is 20.2. The van der Waals surface area contributed by atoms with Gasteiger partial charge in [0.1, 0.15) is 0 Å². The Kier molecular flexibility index (Phi) is 6.07. The molecule has 0 aromatic heterocycles. The molecule has 0 bridgehead atoms. The van der Waals surface area contributed by atoms with E-state index < -0.39 is 8.32 Å². The third-order valence-corrected chi connectivity index (χ3v) is 9.05. The average Bonchev–Trinajstić information content (AvgIpc) is 2.28. The fraction of sp³-hybridized carbons (Fsp3) is 0.867. The summed E-state index contributed by atoms with van der Waals surface area (Å²) < 4.78 is 9.63. The molecule has 1 atom stereocenters. The van der Waals surface area contributed by atoms with Crippen LogP contribution < -0.4 is 0 Å². The molecule has 0 saturated heterocycles. The van der Waals surface area contributed by atoms with E-state index in [9.17, 15) is 0 Å². The van der Waals surface area contributed by atoms with Crippen LogP contribution in [0.25, 0.3) is 0 Å².